The smallest absolute Gasteiger partial charge is 0.307 e. The molecule has 0 aliphatic heterocycles. The van der Waals surface area contributed by atoms with Crippen molar-refractivity contribution in [2.45, 2.75) is 17.9 Å². The van der Waals surface area contributed by atoms with Crippen molar-refractivity contribution in [1.29, 1.82) is 0 Å². The van der Waals surface area contributed by atoms with Gasteiger partial charge >= 0.3 is 5.97 Å². The maximum absolute atomic E-state index is 12.1. The molecule has 0 aliphatic carbocycles. The van der Waals surface area contributed by atoms with Crippen molar-refractivity contribution < 1.29 is 27.5 Å². The summed E-state index contributed by atoms with van der Waals surface area (Å²) in [5, 5.41) is 2.90. The molecule has 2 rings (SSSR count). The second kappa shape index (κ2) is 10.8. The highest BCUT2D eigenvalue weighted by Crippen LogP contribution is 2.15. The Morgan fingerprint density at radius 2 is 1.83 bits per heavy atom. The summed E-state index contributed by atoms with van der Waals surface area (Å²) in [4.78, 5) is 23.5. The van der Waals surface area contributed by atoms with Gasteiger partial charge in [-0.05, 0) is 35.9 Å². The Labute approximate surface area is 174 Å². The van der Waals surface area contributed by atoms with Crippen LogP contribution < -0.4 is 14.8 Å². The van der Waals surface area contributed by atoms with Crippen LogP contribution in [0.2, 0.25) is 5.02 Å². The lowest BCUT2D eigenvalue weighted by Gasteiger charge is -2.08. The maximum atomic E-state index is 12.1. The van der Waals surface area contributed by atoms with E-state index in [1.807, 2.05) is 0 Å². The first-order valence-electron chi connectivity index (χ1n) is 8.60. The number of hydrogen-bond donors (Lipinski definition) is 2. The van der Waals surface area contributed by atoms with E-state index in [1.165, 1.54) is 18.2 Å². The van der Waals surface area contributed by atoms with Gasteiger partial charge < -0.3 is 14.8 Å². The molecule has 0 unspecified atom stereocenters. The summed E-state index contributed by atoms with van der Waals surface area (Å²) in [6.07, 6.45) is -0.217. The highest BCUT2D eigenvalue weighted by atomic mass is 35.5. The third-order valence-electron chi connectivity index (χ3n) is 3.74. The number of methoxy groups -OCH3 is 1. The Kier molecular flexibility index (Phi) is 8.44. The highest BCUT2D eigenvalue weighted by Gasteiger charge is 2.15. The SMILES string of the molecule is COc1ccc(CNC(=O)COC(=O)CCNS(=O)(=O)c2cccc(Cl)c2)cc1. The number of ether oxygens (including phenoxy) is 2. The quantitative estimate of drug-likeness (QED) is 0.546. The van der Waals surface area contributed by atoms with Crippen LogP contribution >= 0.6 is 11.6 Å². The topological polar surface area (TPSA) is 111 Å². The van der Waals surface area contributed by atoms with E-state index in [-0.39, 0.29) is 29.4 Å². The predicted molar refractivity (Wildman–Crippen MR) is 107 cm³/mol. The number of amides is 1. The van der Waals surface area contributed by atoms with Gasteiger partial charge in [-0.2, -0.15) is 0 Å². The predicted octanol–water partition coefficient (Wildman–Crippen LogP) is 1.88. The van der Waals surface area contributed by atoms with Crippen LogP contribution in [0.5, 0.6) is 5.75 Å². The molecule has 0 radical (unpaired) electrons. The van der Waals surface area contributed by atoms with Crippen LogP contribution in [0.1, 0.15) is 12.0 Å². The first kappa shape index (κ1) is 22.7. The van der Waals surface area contributed by atoms with Crippen LogP contribution in [0, 0.1) is 0 Å². The molecule has 0 aliphatic rings. The van der Waals surface area contributed by atoms with Crippen molar-refractivity contribution in [2.75, 3.05) is 20.3 Å². The monoisotopic (exact) mass is 440 g/mol. The molecule has 0 spiro atoms. The van der Waals surface area contributed by atoms with Crippen molar-refractivity contribution in [3.8, 4) is 5.75 Å². The average molecular weight is 441 g/mol. The minimum absolute atomic E-state index is 0.00345. The van der Waals surface area contributed by atoms with Gasteiger partial charge in [0.1, 0.15) is 5.75 Å². The number of nitrogens with one attached hydrogen (secondary N) is 2. The lowest BCUT2D eigenvalue weighted by atomic mass is 10.2. The lowest BCUT2D eigenvalue weighted by molar-refractivity contribution is -0.148. The van der Waals surface area contributed by atoms with Gasteiger partial charge in [0, 0.05) is 18.1 Å². The summed E-state index contributed by atoms with van der Waals surface area (Å²) < 4.78 is 36.4. The number of halogens is 1. The molecule has 8 nitrogen and oxygen atoms in total. The standard InChI is InChI=1S/C19H21ClN2O6S/c1-27-16-7-5-14(6-8-16)12-21-18(23)13-28-19(24)9-10-22-29(25,26)17-4-2-3-15(20)11-17/h2-8,11,22H,9-10,12-13H2,1H3,(H,21,23). The van der Waals surface area contributed by atoms with Crippen LogP contribution in [-0.4, -0.2) is 40.6 Å². The number of benzene rings is 2. The Morgan fingerprint density at radius 1 is 1.10 bits per heavy atom. The number of rotatable bonds is 10. The first-order chi connectivity index (χ1) is 13.8. The molecule has 29 heavy (non-hydrogen) atoms. The van der Waals surface area contributed by atoms with Crippen molar-refractivity contribution in [2.24, 2.45) is 0 Å². The van der Waals surface area contributed by atoms with Crippen LogP contribution in [0.25, 0.3) is 0 Å². The van der Waals surface area contributed by atoms with Gasteiger partial charge in [-0.25, -0.2) is 13.1 Å². The Hall–Kier alpha value is -2.62. The molecule has 0 atom stereocenters. The second-order valence-electron chi connectivity index (χ2n) is 5.89. The largest absolute Gasteiger partial charge is 0.497 e. The molecule has 0 fully saturated rings. The average Bonchev–Trinajstić information content (AvgIpc) is 2.71. The minimum atomic E-state index is -3.78. The zero-order chi connectivity index (χ0) is 21.3. The molecule has 10 heteroatoms. The normalized spacial score (nSPS) is 11.0. The molecule has 0 bridgehead atoms. The van der Waals surface area contributed by atoms with Crippen LogP contribution in [0.4, 0.5) is 0 Å². The molecule has 0 saturated carbocycles. The summed E-state index contributed by atoms with van der Waals surface area (Å²) in [5.41, 5.74) is 0.862. The number of carbonyl (C=O) groups is 2. The van der Waals surface area contributed by atoms with Gasteiger partial charge in [-0.1, -0.05) is 29.8 Å². The summed E-state index contributed by atoms with van der Waals surface area (Å²) in [6, 6.07) is 12.9. The van der Waals surface area contributed by atoms with E-state index in [0.717, 1.165) is 5.56 Å². The van der Waals surface area contributed by atoms with Crippen LogP contribution in [0.3, 0.4) is 0 Å². The number of esters is 1. The van der Waals surface area contributed by atoms with E-state index < -0.39 is 28.5 Å². The van der Waals surface area contributed by atoms with Crippen molar-refractivity contribution in [3.63, 3.8) is 0 Å². The van der Waals surface area contributed by atoms with E-state index in [0.29, 0.717) is 5.75 Å². The van der Waals surface area contributed by atoms with E-state index >= 15 is 0 Å². The van der Waals surface area contributed by atoms with Gasteiger partial charge in [0.2, 0.25) is 10.0 Å². The van der Waals surface area contributed by atoms with Crippen LogP contribution in [0.15, 0.2) is 53.4 Å². The molecular weight excluding hydrogens is 420 g/mol. The Balaban J connectivity index is 1.67. The highest BCUT2D eigenvalue weighted by molar-refractivity contribution is 7.89. The molecule has 0 saturated heterocycles. The summed E-state index contributed by atoms with van der Waals surface area (Å²) in [6.45, 7) is -0.336. The molecular formula is C19H21ClN2O6S. The third kappa shape index (κ3) is 7.72. The van der Waals surface area contributed by atoms with Gasteiger partial charge in [0.15, 0.2) is 6.61 Å². The van der Waals surface area contributed by atoms with E-state index in [1.54, 1.807) is 37.4 Å². The second-order valence-corrected chi connectivity index (χ2v) is 8.09. The van der Waals surface area contributed by atoms with Gasteiger partial charge in [0.25, 0.3) is 5.91 Å². The van der Waals surface area contributed by atoms with Gasteiger partial charge in [-0.15, -0.1) is 0 Å². The Morgan fingerprint density at radius 3 is 2.48 bits per heavy atom. The molecule has 2 aromatic rings. The fourth-order valence-corrected chi connectivity index (χ4v) is 3.55. The number of sulfonamides is 1. The lowest BCUT2D eigenvalue weighted by Crippen LogP contribution is -2.30. The molecule has 0 heterocycles. The molecule has 0 aromatic heterocycles. The van der Waals surface area contributed by atoms with E-state index in [9.17, 15) is 18.0 Å². The van der Waals surface area contributed by atoms with Crippen LogP contribution in [-0.2, 0) is 30.9 Å². The van der Waals surface area contributed by atoms with E-state index in [4.69, 9.17) is 21.1 Å². The van der Waals surface area contributed by atoms with Crippen molar-refractivity contribution >= 4 is 33.5 Å². The minimum Gasteiger partial charge on any atom is -0.497 e. The zero-order valence-electron chi connectivity index (χ0n) is 15.7. The number of carbonyl (C=O) groups excluding carboxylic acids is 2. The molecule has 2 aromatic carbocycles. The third-order valence-corrected chi connectivity index (χ3v) is 5.43. The molecule has 2 N–H and O–H groups in total. The first-order valence-corrected chi connectivity index (χ1v) is 10.5. The fraction of sp³-hybridized carbons (Fsp3) is 0.263. The fourth-order valence-electron chi connectivity index (χ4n) is 2.22. The van der Waals surface area contributed by atoms with Gasteiger partial charge in [0.05, 0.1) is 18.4 Å². The molecule has 156 valence electrons. The van der Waals surface area contributed by atoms with E-state index in [2.05, 4.69) is 10.0 Å². The van der Waals surface area contributed by atoms with Crippen molar-refractivity contribution in [3.05, 3.63) is 59.1 Å². The summed E-state index contributed by atoms with van der Waals surface area (Å²) >= 11 is 5.77. The Bertz CT molecular complexity index is 947. The van der Waals surface area contributed by atoms with Crippen molar-refractivity contribution in [1.82, 2.24) is 10.0 Å². The summed E-state index contributed by atoms with van der Waals surface area (Å²) in [5.74, 6) is -0.452. The molecule has 1 amide bonds. The number of hydrogen-bond acceptors (Lipinski definition) is 6. The van der Waals surface area contributed by atoms with Gasteiger partial charge in [-0.3, -0.25) is 9.59 Å². The zero-order valence-corrected chi connectivity index (χ0v) is 17.3. The maximum Gasteiger partial charge on any atom is 0.307 e. The summed E-state index contributed by atoms with van der Waals surface area (Å²) in [7, 11) is -2.22.